The van der Waals surface area contributed by atoms with Crippen LogP contribution in [0.1, 0.15) is 12.1 Å². The van der Waals surface area contributed by atoms with Gasteiger partial charge in [-0.05, 0) is 33.3 Å². The standard InChI is InChI=1S/C9H9BrN4/c10-7-1-2-8(11-6-7)5-9-3-4-12-14-13-9/h1-2,6H,3-5H2. The van der Waals surface area contributed by atoms with Crippen LogP contribution in [0.25, 0.3) is 0 Å². The maximum absolute atomic E-state index is 4.27. The maximum atomic E-state index is 4.27. The average molecular weight is 253 g/mol. The highest BCUT2D eigenvalue weighted by atomic mass is 79.9. The highest BCUT2D eigenvalue weighted by Crippen LogP contribution is 2.09. The molecule has 5 heteroatoms. The summed E-state index contributed by atoms with van der Waals surface area (Å²) in [6, 6.07) is 3.96. The van der Waals surface area contributed by atoms with Crippen LogP contribution < -0.4 is 0 Å². The van der Waals surface area contributed by atoms with Gasteiger partial charge in [-0.3, -0.25) is 4.98 Å². The van der Waals surface area contributed by atoms with E-state index < -0.39 is 0 Å². The van der Waals surface area contributed by atoms with Crippen LogP contribution in [0.5, 0.6) is 0 Å². The lowest BCUT2D eigenvalue weighted by Crippen LogP contribution is -2.08. The Morgan fingerprint density at radius 2 is 2.29 bits per heavy atom. The predicted molar refractivity (Wildman–Crippen MR) is 57.4 cm³/mol. The van der Waals surface area contributed by atoms with Crippen LogP contribution in [0.3, 0.4) is 0 Å². The van der Waals surface area contributed by atoms with E-state index in [0.717, 1.165) is 35.3 Å². The molecule has 1 aromatic rings. The van der Waals surface area contributed by atoms with Crippen molar-refractivity contribution < 1.29 is 0 Å². The number of hydrogen-bond acceptors (Lipinski definition) is 4. The number of halogens is 1. The van der Waals surface area contributed by atoms with Crippen molar-refractivity contribution in [3.63, 3.8) is 0 Å². The third kappa shape index (κ3) is 2.45. The fourth-order valence-electron chi connectivity index (χ4n) is 1.21. The Bertz CT molecular complexity index is 369. The Kier molecular flexibility index (Phi) is 2.98. The van der Waals surface area contributed by atoms with Gasteiger partial charge < -0.3 is 0 Å². The van der Waals surface area contributed by atoms with Crippen LogP contribution in [0.2, 0.25) is 0 Å². The van der Waals surface area contributed by atoms with E-state index in [0.29, 0.717) is 0 Å². The first-order valence-electron chi connectivity index (χ1n) is 4.37. The van der Waals surface area contributed by atoms with E-state index in [-0.39, 0.29) is 0 Å². The van der Waals surface area contributed by atoms with Gasteiger partial charge in [-0.25, -0.2) is 0 Å². The van der Waals surface area contributed by atoms with Crippen LogP contribution in [-0.4, -0.2) is 17.2 Å². The zero-order chi connectivity index (χ0) is 9.80. The molecule has 0 atom stereocenters. The topological polar surface area (TPSA) is 50.0 Å². The molecule has 0 bridgehead atoms. The Morgan fingerprint density at radius 1 is 1.36 bits per heavy atom. The summed E-state index contributed by atoms with van der Waals surface area (Å²) in [5.74, 6) is 0. The minimum atomic E-state index is 0.745. The lowest BCUT2D eigenvalue weighted by Gasteiger charge is -2.04. The predicted octanol–water partition coefficient (Wildman–Crippen LogP) is 2.60. The molecule has 0 aromatic carbocycles. The molecule has 72 valence electrons. The second-order valence-electron chi connectivity index (χ2n) is 3.02. The van der Waals surface area contributed by atoms with Crippen molar-refractivity contribution in [2.24, 2.45) is 15.4 Å². The maximum Gasteiger partial charge on any atom is 0.0674 e. The van der Waals surface area contributed by atoms with E-state index in [9.17, 15) is 0 Å². The van der Waals surface area contributed by atoms with Crippen molar-refractivity contribution >= 4 is 21.6 Å². The van der Waals surface area contributed by atoms with Crippen molar-refractivity contribution in [3.8, 4) is 0 Å². The second-order valence-corrected chi connectivity index (χ2v) is 3.93. The quantitative estimate of drug-likeness (QED) is 0.799. The van der Waals surface area contributed by atoms with E-state index in [1.807, 2.05) is 12.1 Å². The molecule has 2 heterocycles. The molecule has 1 aliphatic rings. The Balaban J connectivity index is 2.07. The van der Waals surface area contributed by atoms with Crippen molar-refractivity contribution in [1.29, 1.82) is 0 Å². The van der Waals surface area contributed by atoms with Crippen LogP contribution >= 0.6 is 15.9 Å². The first kappa shape index (κ1) is 9.45. The third-order valence-electron chi connectivity index (χ3n) is 1.92. The van der Waals surface area contributed by atoms with Crippen molar-refractivity contribution in [1.82, 2.24) is 4.98 Å². The number of rotatable bonds is 2. The molecule has 1 aliphatic heterocycles. The Morgan fingerprint density at radius 3 is 2.93 bits per heavy atom. The molecule has 4 nitrogen and oxygen atoms in total. The molecule has 2 rings (SSSR count). The van der Waals surface area contributed by atoms with Gasteiger partial charge in [-0.1, -0.05) is 0 Å². The molecular weight excluding hydrogens is 244 g/mol. The van der Waals surface area contributed by atoms with Gasteiger partial charge in [0.05, 0.1) is 12.3 Å². The first-order chi connectivity index (χ1) is 6.84. The molecule has 1 aromatic heterocycles. The minimum Gasteiger partial charge on any atom is -0.260 e. The Hall–Kier alpha value is -1.10. The van der Waals surface area contributed by atoms with Crippen LogP contribution in [-0.2, 0) is 6.42 Å². The molecule has 14 heavy (non-hydrogen) atoms. The van der Waals surface area contributed by atoms with Gasteiger partial charge >= 0.3 is 0 Å². The zero-order valence-electron chi connectivity index (χ0n) is 7.52. The van der Waals surface area contributed by atoms with E-state index in [1.165, 1.54) is 0 Å². The van der Waals surface area contributed by atoms with Crippen molar-refractivity contribution in [2.75, 3.05) is 6.54 Å². The summed E-state index contributed by atoms with van der Waals surface area (Å²) < 4.78 is 0.992. The molecule has 0 spiro atoms. The van der Waals surface area contributed by atoms with E-state index >= 15 is 0 Å². The summed E-state index contributed by atoms with van der Waals surface area (Å²) in [5.41, 5.74) is 2.07. The molecule has 0 unspecified atom stereocenters. The smallest absolute Gasteiger partial charge is 0.0674 e. The van der Waals surface area contributed by atoms with Crippen LogP contribution in [0, 0.1) is 0 Å². The number of aromatic nitrogens is 1. The van der Waals surface area contributed by atoms with Gasteiger partial charge in [0.25, 0.3) is 0 Å². The zero-order valence-corrected chi connectivity index (χ0v) is 9.11. The van der Waals surface area contributed by atoms with Gasteiger partial charge in [0.1, 0.15) is 0 Å². The molecule has 0 aliphatic carbocycles. The number of hydrogen-bond donors (Lipinski definition) is 0. The summed E-state index contributed by atoms with van der Waals surface area (Å²) in [5, 5.41) is 11.4. The summed E-state index contributed by atoms with van der Waals surface area (Å²) in [7, 11) is 0. The monoisotopic (exact) mass is 252 g/mol. The average Bonchev–Trinajstić information content (AvgIpc) is 2.23. The first-order valence-corrected chi connectivity index (χ1v) is 5.16. The van der Waals surface area contributed by atoms with Crippen molar-refractivity contribution in [3.05, 3.63) is 28.5 Å². The molecular formula is C9H9BrN4. The molecule has 0 saturated carbocycles. The summed E-state index contributed by atoms with van der Waals surface area (Å²) in [6.45, 7) is 0.745. The molecule has 0 fully saturated rings. The van der Waals surface area contributed by atoms with E-state index in [4.69, 9.17) is 0 Å². The van der Waals surface area contributed by atoms with Gasteiger partial charge in [0, 0.05) is 29.2 Å². The van der Waals surface area contributed by atoms with Crippen LogP contribution in [0.4, 0.5) is 0 Å². The largest absolute Gasteiger partial charge is 0.260 e. The lowest BCUT2D eigenvalue weighted by molar-refractivity contribution is 0.833. The summed E-state index contributed by atoms with van der Waals surface area (Å²) >= 11 is 3.34. The van der Waals surface area contributed by atoms with Gasteiger partial charge in [0.2, 0.25) is 0 Å². The molecule has 0 amide bonds. The highest BCUT2D eigenvalue weighted by molar-refractivity contribution is 9.10. The van der Waals surface area contributed by atoms with Gasteiger partial charge in [-0.15, -0.1) is 5.10 Å². The molecule has 0 N–H and O–H groups in total. The normalized spacial score (nSPS) is 15.4. The number of nitrogens with zero attached hydrogens (tertiary/aromatic N) is 4. The fraction of sp³-hybridized carbons (Fsp3) is 0.333. The fourth-order valence-corrected chi connectivity index (χ4v) is 1.45. The molecule has 0 radical (unpaired) electrons. The minimum absolute atomic E-state index is 0.745. The van der Waals surface area contributed by atoms with Crippen molar-refractivity contribution in [2.45, 2.75) is 12.8 Å². The van der Waals surface area contributed by atoms with Gasteiger partial charge in [-0.2, -0.15) is 5.11 Å². The molecule has 0 saturated heterocycles. The summed E-state index contributed by atoms with van der Waals surface area (Å²) in [6.07, 6.45) is 3.45. The van der Waals surface area contributed by atoms with Crippen LogP contribution in [0.15, 0.2) is 38.2 Å². The number of pyridine rings is 1. The SMILES string of the molecule is Brc1ccc(CC2=NN=NCC2)nc1. The van der Waals surface area contributed by atoms with Gasteiger partial charge in [0.15, 0.2) is 0 Å². The highest BCUT2D eigenvalue weighted by Gasteiger charge is 2.05. The lowest BCUT2D eigenvalue weighted by atomic mass is 10.1. The third-order valence-corrected chi connectivity index (χ3v) is 2.39. The summed E-state index contributed by atoms with van der Waals surface area (Å²) in [4.78, 5) is 4.27. The second kappa shape index (κ2) is 4.41. The Labute approximate surface area is 90.3 Å². The van der Waals surface area contributed by atoms with E-state index in [2.05, 4.69) is 36.4 Å². The van der Waals surface area contributed by atoms with E-state index in [1.54, 1.807) is 6.20 Å².